The van der Waals surface area contributed by atoms with Crippen molar-refractivity contribution in [2.45, 2.75) is 18.6 Å². The van der Waals surface area contributed by atoms with E-state index in [1.807, 2.05) is 102 Å². The van der Waals surface area contributed by atoms with E-state index < -0.39 is 11.6 Å². The van der Waals surface area contributed by atoms with Gasteiger partial charge in [-0.3, -0.25) is 0 Å². The van der Waals surface area contributed by atoms with Gasteiger partial charge in [0.1, 0.15) is 17.2 Å². The predicted molar refractivity (Wildman–Crippen MR) is 133 cm³/mol. The molecule has 0 saturated heterocycles. The molecule has 2 atom stereocenters. The van der Waals surface area contributed by atoms with Crippen molar-refractivity contribution in [1.82, 2.24) is 15.0 Å². The fourth-order valence-electron chi connectivity index (χ4n) is 4.25. The van der Waals surface area contributed by atoms with Crippen LogP contribution in [-0.4, -0.2) is 20.1 Å². The van der Waals surface area contributed by atoms with Crippen LogP contribution in [-0.2, 0) is 5.60 Å². The van der Waals surface area contributed by atoms with Crippen LogP contribution < -0.4 is 0 Å². The van der Waals surface area contributed by atoms with Gasteiger partial charge in [0.15, 0.2) is 0 Å². The highest BCUT2D eigenvalue weighted by atomic mass is 16.3. The third kappa shape index (κ3) is 4.09. The highest BCUT2D eigenvalue weighted by Gasteiger charge is 2.40. The molecule has 1 aromatic heterocycles. The molecule has 1 heterocycles. The molecule has 1 N–H and O–H groups in total. The number of aromatic nitrogens is 3. The standard InChI is InChI=1S/C29H25N3O/c1-22-16-18-24(19-17-22)28(32-27-15-9-8-14-26(27)30-31-32)29(33,25-12-6-3-7-13-25)21-20-23-10-4-2-5-11-23/h2-21,28,33H,1H3. The molecule has 5 aromatic rings. The van der Waals surface area contributed by atoms with E-state index in [0.717, 1.165) is 33.3 Å². The molecule has 5 rings (SSSR count). The minimum absolute atomic E-state index is 0.534. The zero-order valence-electron chi connectivity index (χ0n) is 18.4. The number of aryl methyl sites for hydroxylation is 1. The summed E-state index contributed by atoms with van der Waals surface area (Å²) in [7, 11) is 0. The van der Waals surface area contributed by atoms with Crippen LogP contribution in [0.2, 0.25) is 0 Å². The number of hydrogen-bond donors (Lipinski definition) is 1. The Bertz CT molecular complexity index is 1380. The van der Waals surface area contributed by atoms with Crippen LogP contribution in [0.25, 0.3) is 17.1 Å². The molecule has 4 aromatic carbocycles. The number of rotatable bonds is 6. The normalized spacial score (nSPS) is 14.4. The highest BCUT2D eigenvalue weighted by molar-refractivity contribution is 5.74. The van der Waals surface area contributed by atoms with E-state index in [0.29, 0.717) is 0 Å². The molecule has 0 aliphatic rings. The lowest BCUT2D eigenvalue weighted by atomic mass is 9.81. The maximum atomic E-state index is 12.5. The second-order valence-electron chi connectivity index (χ2n) is 8.27. The van der Waals surface area contributed by atoms with Gasteiger partial charge >= 0.3 is 0 Å². The fraction of sp³-hybridized carbons (Fsp3) is 0.103. The molecule has 0 amide bonds. The molecule has 4 heteroatoms. The third-order valence-corrected chi connectivity index (χ3v) is 6.00. The Morgan fingerprint density at radius 2 is 1.42 bits per heavy atom. The van der Waals surface area contributed by atoms with Gasteiger partial charge in [0.25, 0.3) is 0 Å². The monoisotopic (exact) mass is 431 g/mol. The SMILES string of the molecule is Cc1ccc(C(n2nnc3ccccc32)C(O)(C=Cc2ccccc2)c2ccccc2)cc1. The molecule has 0 fully saturated rings. The van der Waals surface area contributed by atoms with Crippen LogP contribution in [0.1, 0.15) is 28.3 Å². The summed E-state index contributed by atoms with van der Waals surface area (Å²) in [6.07, 6.45) is 3.84. The van der Waals surface area contributed by atoms with Crippen LogP contribution in [0, 0.1) is 6.92 Å². The molecule has 0 bridgehead atoms. The minimum Gasteiger partial charge on any atom is -0.378 e. The Morgan fingerprint density at radius 1 is 0.788 bits per heavy atom. The Kier molecular flexibility index (Phi) is 5.59. The van der Waals surface area contributed by atoms with Crippen molar-refractivity contribution in [3.8, 4) is 0 Å². The fourth-order valence-corrected chi connectivity index (χ4v) is 4.25. The average Bonchev–Trinajstić information content (AvgIpc) is 3.29. The van der Waals surface area contributed by atoms with Crippen LogP contribution in [0.3, 0.4) is 0 Å². The lowest BCUT2D eigenvalue weighted by Gasteiger charge is -2.35. The van der Waals surface area contributed by atoms with E-state index >= 15 is 0 Å². The number of para-hydroxylation sites is 1. The quantitative estimate of drug-likeness (QED) is 0.362. The molecule has 0 saturated carbocycles. The summed E-state index contributed by atoms with van der Waals surface area (Å²) in [5.74, 6) is 0. The average molecular weight is 432 g/mol. The Balaban J connectivity index is 1.76. The zero-order valence-corrected chi connectivity index (χ0v) is 18.4. The predicted octanol–water partition coefficient (Wildman–Crippen LogP) is 5.93. The van der Waals surface area contributed by atoms with Crippen molar-refractivity contribution >= 4 is 17.1 Å². The first-order valence-electron chi connectivity index (χ1n) is 11.0. The van der Waals surface area contributed by atoms with Crippen molar-refractivity contribution < 1.29 is 5.11 Å². The Morgan fingerprint density at radius 3 is 2.15 bits per heavy atom. The van der Waals surface area contributed by atoms with Gasteiger partial charge < -0.3 is 5.11 Å². The number of hydrogen-bond acceptors (Lipinski definition) is 3. The molecule has 0 aliphatic carbocycles. The van der Waals surface area contributed by atoms with Crippen molar-refractivity contribution in [3.63, 3.8) is 0 Å². The second kappa shape index (κ2) is 8.85. The lowest BCUT2D eigenvalue weighted by Crippen LogP contribution is -2.36. The van der Waals surface area contributed by atoms with E-state index in [1.54, 1.807) is 0 Å². The smallest absolute Gasteiger partial charge is 0.135 e. The van der Waals surface area contributed by atoms with E-state index in [2.05, 4.69) is 41.5 Å². The summed E-state index contributed by atoms with van der Waals surface area (Å²) >= 11 is 0. The van der Waals surface area contributed by atoms with Crippen molar-refractivity contribution in [2.75, 3.05) is 0 Å². The topological polar surface area (TPSA) is 50.9 Å². The molecular formula is C29H25N3O. The third-order valence-electron chi connectivity index (χ3n) is 6.00. The Labute approximate surface area is 193 Å². The largest absolute Gasteiger partial charge is 0.378 e. The molecule has 162 valence electrons. The van der Waals surface area contributed by atoms with E-state index in [9.17, 15) is 5.11 Å². The maximum Gasteiger partial charge on any atom is 0.135 e. The Hall–Kier alpha value is -4.02. The number of nitrogens with zero attached hydrogens (tertiary/aromatic N) is 3. The minimum atomic E-state index is -1.39. The number of aliphatic hydroxyl groups is 1. The first-order chi connectivity index (χ1) is 16.1. The van der Waals surface area contributed by atoms with Crippen molar-refractivity contribution in [2.24, 2.45) is 0 Å². The summed E-state index contributed by atoms with van der Waals surface area (Å²) < 4.78 is 1.84. The first-order valence-corrected chi connectivity index (χ1v) is 11.0. The molecular weight excluding hydrogens is 406 g/mol. The summed E-state index contributed by atoms with van der Waals surface area (Å²) in [5.41, 5.74) is 4.16. The van der Waals surface area contributed by atoms with Gasteiger partial charge in [-0.2, -0.15) is 0 Å². The molecule has 0 aliphatic heterocycles. The van der Waals surface area contributed by atoms with Crippen molar-refractivity contribution in [1.29, 1.82) is 0 Å². The molecule has 2 unspecified atom stereocenters. The van der Waals surface area contributed by atoms with E-state index in [4.69, 9.17) is 0 Å². The van der Waals surface area contributed by atoms with Crippen molar-refractivity contribution in [3.05, 3.63) is 138 Å². The van der Waals surface area contributed by atoms with Gasteiger partial charge in [0, 0.05) is 0 Å². The number of benzene rings is 4. The summed E-state index contributed by atoms with van der Waals surface area (Å²) in [5, 5.41) is 21.4. The van der Waals surface area contributed by atoms with E-state index in [-0.39, 0.29) is 0 Å². The summed E-state index contributed by atoms with van der Waals surface area (Å²) in [6.45, 7) is 2.06. The van der Waals surface area contributed by atoms with Crippen LogP contribution >= 0.6 is 0 Å². The second-order valence-corrected chi connectivity index (χ2v) is 8.27. The van der Waals surface area contributed by atoms with Crippen LogP contribution in [0.15, 0.2) is 115 Å². The van der Waals surface area contributed by atoms with Gasteiger partial charge in [0.2, 0.25) is 0 Å². The van der Waals surface area contributed by atoms with E-state index in [1.165, 1.54) is 0 Å². The maximum absolute atomic E-state index is 12.5. The number of fused-ring (bicyclic) bond motifs is 1. The highest BCUT2D eigenvalue weighted by Crippen LogP contribution is 2.41. The summed E-state index contributed by atoms with van der Waals surface area (Å²) in [6, 6.07) is 35.3. The molecule has 0 spiro atoms. The summed E-state index contributed by atoms with van der Waals surface area (Å²) in [4.78, 5) is 0. The van der Waals surface area contributed by atoms with Gasteiger partial charge in [-0.1, -0.05) is 114 Å². The first kappa shape index (κ1) is 20.9. The van der Waals surface area contributed by atoms with Gasteiger partial charge in [-0.15, -0.1) is 5.10 Å². The van der Waals surface area contributed by atoms with Crippen LogP contribution in [0.4, 0.5) is 0 Å². The molecule has 0 radical (unpaired) electrons. The van der Waals surface area contributed by atoms with Gasteiger partial charge in [0.05, 0.1) is 5.52 Å². The van der Waals surface area contributed by atoms with Gasteiger partial charge in [-0.05, 0) is 41.8 Å². The molecule has 4 nitrogen and oxygen atoms in total. The zero-order chi connectivity index (χ0) is 22.7. The van der Waals surface area contributed by atoms with Gasteiger partial charge in [-0.25, -0.2) is 4.68 Å². The molecule has 33 heavy (non-hydrogen) atoms. The van der Waals surface area contributed by atoms with Crippen LogP contribution in [0.5, 0.6) is 0 Å². The lowest BCUT2D eigenvalue weighted by molar-refractivity contribution is 0.0434.